The van der Waals surface area contributed by atoms with Crippen molar-refractivity contribution in [2.75, 3.05) is 11.9 Å². The van der Waals surface area contributed by atoms with Crippen LogP contribution >= 0.6 is 0 Å². The number of benzene rings is 2. The van der Waals surface area contributed by atoms with E-state index < -0.39 is 11.7 Å². The number of hydrogen-bond acceptors (Lipinski definition) is 3. The van der Waals surface area contributed by atoms with Crippen molar-refractivity contribution in [2.24, 2.45) is 5.41 Å². The fraction of sp³-hybridized carbons (Fsp3) is 0.316. The van der Waals surface area contributed by atoms with Gasteiger partial charge in [0.2, 0.25) is 0 Å². The molecule has 25 heavy (non-hydrogen) atoms. The normalized spacial score (nSPS) is 12.6. The summed E-state index contributed by atoms with van der Waals surface area (Å²) in [7, 11) is 0. The smallest absolute Gasteiger partial charge is 0.366 e. The maximum Gasteiger partial charge on any atom is 0.416 e. The van der Waals surface area contributed by atoms with E-state index >= 15 is 0 Å². The number of anilines is 1. The highest BCUT2D eigenvalue weighted by Crippen LogP contribution is 2.34. The maximum absolute atomic E-state index is 12.9. The Morgan fingerprint density at radius 2 is 1.72 bits per heavy atom. The van der Waals surface area contributed by atoms with Crippen LogP contribution in [0.3, 0.4) is 0 Å². The Bertz CT molecular complexity index is 892. The first-order valence-electron chi connectivity index (χ1n) is 7.94. The van der Waals surface area contributed by atoms with Crippen LogP contribution < -0.4 is 5.32 Å². The van der Waals surface area contributed by atoms with Gasteiger partial charge in [0.1, 0.15) is 0 Å². The van der Waals surface area contributed by atoms with Crippen molar-refractivity contribution in [3.8, 4) is 11.1 Å². The molecule has 0 fully saturated rings. The van der Waals surface area contributed by atoms with E-state index in [0.29, 0.717) is 29.1 Å². The lowest BCUT2D eigenvalue weighted by Crippen LogP contribution is -2.19. The summed E-state index contributed by atoms with van der Waals surface area (Å²) in [5, 5.41) is 8.01. The van der Waals surface area contributed by atoms with Crippen LogP contribution in [0.25, 0.3) is 22.1 Å². The van der Waals surface area contributed by atoms with E-state index in [2.05, 4.69) is 31.2 Å². The molecule has 0 spiro atoms. The van der Waals surface area contributed by atoms with Crippen LogP contribution in [-0.4, -0.2) is 11.7 Å². The van der Waals surface area contributed by atoms with Crippen LogP contribution in [-0.2, 0) is 6.18 Å². The standard InChI is InChI=1S/C19H19F3N2O/c1-18(2,3)11-23-17-15-10-13(7-8-16(15)25-24-17)12-5-4-6-14(9-12)19(20,21)22/h4-10H,11H2,1-3H3,(H,23,24). The summed E-state index contributed by atoms with van der Waals surface area (Å²) in [4.78, 5) is 0. The molecule has 1 aromatic heterocycles. The molecule has 0 bridgehead atoms. The maximum atomic E-state index is 12.9. The van der Waals surface area contributed by atoms with Crippen LogP contribution in [0.2, 0.25) is 0 Å². The molecule has 1 heterocycles. The summed E-state index contributed by atoms with van der Waals surface area (Å²) in [6.07, 6.45) is -4.36. The molecule has 6 heteroatoms. The van der Waals surface area contributed by atoms with Crippen molar-refractivity contribution in [1.82, 2.24) is 5.16 Å². The van der Waals surface area contributed by atoms with Crippen LogP contribution in [0.15, 0.2) is 47.0 Å². The molecule has 132 valence electrons. The minimum absolute atomic E-state index is 0.0594. The van der Waals surface area contributed by atoms with Gasteiger partial charge in [0, 0.05) is 6.54 Å². The summed E-state index contributed by atoms with van der Waals surface area (Å²) in [5.74, 6) is 0.596. The number of halogens is 3. The van der Waals surface area contributed by atoms with Gasteiger partial charge in [0.05, 0.1) is 10.9 Å². The Balaban J connectivity index is 1.98. The highest BCUT2D eigenvalue weighted by Gasteiger charge is 2.30. The number of nitrogens with one attached hydrogen (secondary N) is 1. The van der Waals surface area contributed by atoms with Crippen molar-refractivity contribution in [1.29, 1.82) is 0 Å². The van der Waals surface area contributed by atoms with Gasteiger partial charge in [-0.05, 0) is 40.8 Å². The molecule has 3 nitrogen and oxygen atoms in total. The first kappa shape index (κ1) is 17.3. The number of aromatic nitrogens is 1. The second-order valence-corrected chi connectivity index (χ2v) is 7.23. The lowest BCUT2D eigenvalue weighted by atomic mass is 9.97. The second-order valence-electron chi connectivity index (χ2n) is 7.23. The third kappa shape index (κ3) is 3.95. The van der Waals surface area contributed by atoms with Crippen molar-refractivity contribution in [2.45, 2.75) is 26.9 Å². The summed E-state index contributed by atoms with van der Waals surface area (Å²) in [6.45, 7) is 6.98. The fourth-order valence-electron chi connectivity index (χ4n) is 2.47. The average Bonchev–Trinajstić information content (AvgIpc) is 2.94. The first-order chi connectivity index (χ1) is 11.6. The van der Waals surface area contributed by atoms with Gasteiger partial charge in [-0.3, -0.25) is 0 Å². The first-order valence-corrected chi connectivity index (χ1v) is 7.94. The predicted octanol–water partition coefficient (Wildman–Crippen LogP) is 5.97. The van der Waals surface area contributed by atoms with Crippen LogP contribution in [0, 0.1) is 5.41 Å². The lowest BCUT2D eigenvalue weighted by Gasteiger charge is -2.18. The topological polar surface area (TPSA) is 38.1 Å². The molecule has 0 aliphatic heterocycles. The molecule has 0 amide bonds. The molecule has 0 saturated heterocycles. The monoisotopic (exact) mass is 348 g/mol. The Kier molecular flexibility index (Phi) is 4.22. The number of alkyl halides is 3. The molecular weight excluding hydrogens is 329 g/mol. The molecule has 2 aromatic carbocycles. The minimum atomic E-state index is -4.36. The molecule has 0 radical (unpaired) electrons. The number of nitrogens with zero attached hydrogens (tertiary/aromatic N) is 1. The van der Waals surface area contributed by atoms with Gasteiger partial charge in [-0.15, -0.1) is 0 Å². The molecule has 3 aromatic rings. The van der Waals surface area contributed by atoms with Gasteiger partial charge >= 0.3 is 6.18 Å². The molecule has 0 aliphatic rings. The zero-order valence-electron chi connectivity index (χ0n) is 14.2. The second kappa shape index (κ2) is 6.10. The van der Waals surface area contributed by atoms with Gasteiger partial charge < -0.3 is 9.84 Å². The van der Waals surface area contributed by atoms with Gasteiger partial charge in [-0.2, -0.15) is 13.2 Å². The molecule has 3 rings (SSSR count). The number of hydrogen-bond donors (Lipinski definition) is 1. The van der Waals surface area contributed by atoms with Gasteiger partial charge in [0.15, 0.2) is 11.4 Å². The zero-order valence-corrected chi connectivity index (χ0v) is 14.2. The molecule has 0 aliphatic carbocycles. The van der Waals surface area contributed by atoms with Crippen molar-refractivity contribution < 1.29 is 17.7 Å². The quantitative estimate of drug-likeness (QED) is 0.633. The number of rotatable bonds is 3. The third-order valence-corrected chi connectivity index (χ3v) is 3.78. The van der Waals surface area contributed by atoms with E-state index in [1.54, 1.807) is 24.3 Å². The molecule has 0 atom stereocenters. The summed E-state index contributed by atoms with van der Waals surface area (Å²) in [5.41, 5.74) is 1.16. The van der Waals surface area contributed by atoms with E-state index in [1.807, 2.05) is 0 Å². The number of fused-ring (bicyclic) bond motifs is 1. The van der Waals surface area contributed by atoms with E-state index in [1.165, 1.54) is 6.07 Å². The Labute approximate surface area is 143 Å². The van der Waals surface area contributed by atoms with Crippen LogP contribution in [0.4, 0.5) is 19.0 Å². The third-order valence-electron chi connectivity index (χ3n) is 3.78. The highest BCUT2D eigenvalue weighted by atomic mass is 19.4. The van der Waals surface area contributed by atoms with Crippen LogP contribution in [0.5, 0.6) is 0 Å². The van der Waals surface area contributed by atoms with E-state index in [-0.39, 0.29) is 5.41 Å². The molecule has 0 saturated carbocycles. The Hall–Kier alpha value is -2.50. The Morgan fingerprint density at radius 3 is 2.40 bits per heavy atom. The molecule has 0 unspecified atom stereocenters. The average molecular weight is 348 g/mol. The fourth-order valence-corrected chi connectivity index (χ4v) is 2.47. The van der Waals surface area contributed by atoms with Crippen molar-refractivity contribution in [3.63, 3.8) is 0 Å². The van der Waals surface area contributed by atoms with E-state index in [4.69, 9.17) is 4.52 Å². The summed E-state index contributed by atoms with van der Waals surface area (Å²) in [6, 6.07) is 10.5. The van der Waals surface area contributed by atoms with Gasteiger partial charge in [-0.1, -0.05) is 44.1 Å². The van der Waals surface area contributed by atoms with Crippen molar-refractivity contribution in [3.05, 3.63) is 48.0 Å². The Morgan fingerprint density at radius 1 is 1.00 bits per heavy atom. The van der Waals surface area contributed by atoms with Gasteiger partial charge in [-0.25, -0.2) is 0 Å². The van der Waals surface area contributed by atoms with Crippen LogP contribution in [0.1, 0.15) is 26.3 Å². The SMILES string of the molecule is CC(C)(C)CNc1noc2ccc(-c3cccc(C(F)(F)F)c3)cc12. The summed E-state index contributed by atoms with van der Waals surface area (Å²) >= 11 is 0. The van der Waals surface area contributed by atoms with Crippen molar-refractivity contribution >= 4 is 16.8 Å². The van der Waals surface area contributed by atoms with E-state index in [0.717, 1.165) is 17.5 Å². The predicted molar refractivity (Wildman–Crippen MR) is 92.4 cm³/mol. The molecular formula is C19H19F3N2O. The summed E-state index contributed by atoms with van der Waals surface area (Å²) < 4.78 is 44.1. The van der Waals surface area contributed by atoms with Gasteiger partial charge in [0.25, 0.3) is 0 Å². The zero-order chi connectivity index (χ0) is 18.2. The minimum Gasteiger partial charge on any atom is -0.366 e. The molecule has 1 N–H and O–H groups in total. The lowest BCUT2D eigenvalue weighted by molar-refractivity contribution is -0.137. The highest BCUT2D eigenvalue weighted by molar-refractivity contribution is 5.91. The van der Waals surface area contributed by atoms with E-state index in [9.17, 15) is 13.2 Å². The largest absolute Gasteiger partial charge is 0.416 e.